The molecule has 1 aliphatic rings. The predicted molar refractivity (Wildman–Crippen MR) is 80.4 cm³/mol. The van der Waals surface area contributed by atoms with Crippen LogP contribution in [0.1, 0.15) is 35.7 Å². The predicted octanol–water partition coefficient (Wildman–Crippen LogP) is 2.80. The second-order valence-corrected chi connectivity index (χ2v) is 7.44. The number of thiophene rings is 2. The van der Waals surface area contributed by atoms with Crippen LogP contribution >= 0.6 is 22.7 Å². The van der Waals surface area contributed by atoms with E-state index in [2.05, 4.69) is 54.2 Å². The molecule has 4 heteroatoms. The average molecular weight is 294 g/mol. The number of piperidine rings is 1. The lowest BCUT2D eigenvalue weighted by molar-refractivity contribution is -0.758. The number of aliphatic hydroxyl groups is 1. The van der Waals surface area contributed by atoms with Gasteiger partial charge in [0.15, 0.2) is 0 Å². The van der Waals surface area contributed by atoms with E-state index in [1.54, 1.807) is 22.7 Å². The van der Waals surface area contributed by atoms with Crippen molar-refractivity contribution >= 4 is 22.7 Å². The number of aliphatic hydroxyl groups excluding tert-OH is 1. The molecule has 102 valence electrons. The fraction of sp³-hybridized carbons (Fsp3) is 0.467. The summed E-state index contributed by atoms with van der Waals surface area (Å²) < 4.78 is 0. The summed E-state index contributed by atoms with van der Waals surface area (Å²) in [6, 6.07) is 9.33. The monoisotopic (exact) mass is 294 g/mol. The Balaban J connectivity index is 1.91. The van der Waals surface area contributed by atoms with Crippen LogP contribution in [-0.2, 0) is 0 Å². The lowest BCUT2D eigenvalue weighted by atomic mass is 9.78. The number of hydrogen-bond acceptors (Lipinski definition) is 3. The average Bonchev–Trinajstić information content (AvgIpc) is 3.08. The van der Waals surface area contributed by atoms with Gasteiger partial charge in [-0.25, -0.2) is 0 Å². The Hall–Kier alpha value is -0.680. The Morgan fingerprint density at radius 3 is 1.79 bits per heavy atom. The first-order valence-corrected chi connectivity index (χ1v) is 8.54. The summed E-state index contributed by atoms with van der Waals surface area (Å²) in [5.74, 6) is 0.592. The molecule has 0 saturated carbocycles. The van der Waals surface area contributed by atoms with E-state index in [0.29, 0.717) is 23.9 Å². The fourth-order valence-corrected chi connectivity index (χ4v) is 4.99. The van der Waals surface area contributed by atoms with Crippen LogP contribution in [0.5, 0.6) is 0 Å². The van der Waals surface area contributed by atoms with Crippen LogP contribution in [0.3, 0.4) is 0 Å². The molecule has 3 N–H and O–H groups in total. The SMILES string of the molecule is C[C@@H]1C(O)[C@@H](C)[C@H](c2cccs2)[NH2+][C@@H]1c1cccs1. The van der Waals surface area contributed by atoms with Crippen molar-refractivity contribution in [2.24, 2.45) is 11.8 Å². The van der Waals surface area contributed by atoms with Crippen LogP contribution in [-0.4, -0.2) is 11.2 Å². The van der Waals surface area contributed by atoms with Crippen LogP contribution in [0.25, 0.3) is 0 Å². The molecule has 5 atom stereocenters. The molecule has 3 rings (SSSR count). The minimum atomic E-state index is -0.232. The molecule has 1 saturated heterocycles. The van der Waals surface area contributed by atoms with Gasteiger partial charge in [-0.15, -0.1) is 22.7 Å². The van der Waals surface area contributed by atoms with Crippen molar-refractivity contribution in [1.82, 2.24) is 0 Å². The van der Waals surface area contributed by atoms with Crippen LogP contribution in [0.4, 0.5) is 0 Å². The zero-order valence-electron chi connectivity index (χ0n) is 11.2. The standard InChI is InChI=1S/C15H19NOS2/c1-9-13(11-5-3-7-18-11)16-14(10(2)15(9)17)12-6-4-8-19-12/h3-10,13-17H,1-2H3/p+1/t9-,10-,13-,14+,15?/m0/s1. The Bertz CT molecular complexity index is 462. The van der Waals surface area contributed by atoms with Crippen molar-refractivity contribution in [3.63, 3.8) is 0 Å². The largest absolute Gasteiger partial charge is 0.392 e. The van der Waals surface area contributed by atoms with Gasteiger partial charge < -0.3 is 10.4 Å². The van der Waals surface area contributed by atoms with Crippen molar-refractivity contribution in [2.45, 2.75) is 32.0 Å². The van der Waals surface area contributed by atoms with E-state index in [0.717, 1.165) is 0 Å². The van der Waals surface area contributed by atoms with Gasteiger partial charge in [0.1, 0.15) is 12.1 Å². The molecule has 0 spiro atoms. The first-order valence-electron chi connectivity index (χ1n) is 6.78. The minimum Gasteiger partial charge on any atom is -0.392 e. The van der Waals surface area contributed by atoms with Gasteiger partial charge in [0.2, 0.25) is 0 Å². The summed E-state index contributed by atoms with van der Waals surface area (Å²) in [5, 5.41) is 17.3. The van der Waals surface area contributed by atoms with Crippen molar-refractivity contribution in [2.75, 3.05) is 0 Å². The molecule has 19 heavy (non-hydrogen) atoms. The van der Waals surface area contributed by atoms with E-state index in [1.807, 2.05) is 0 Å². The van der Waals surface area contributed by atoms with E-state index < -0.39 is 0 Å². The van der Waals surface area contributed by atoms with E-state index >= 15 is 0 Å². The van der Waals surface area contributed by atoms with E-state index in [-0.39, 0.29) is 6.10 Å². The number of quaternary nitrogens is 1. The van der Waals surface area contributed by atoms with Gasteiger partial charge in [-0.05, 0) is 22.9 Å². The summed E-state index contributed by atoms with van der Waals surface area (Å²) in [6.07, 6.45) is -0.232. The molecule has 0 aromatic carbocycles. The zero-order valence-corrected chi connectivity index (χ0v) is 12.8. The zero-order chi connectivity index (χ0) is 13.4. The van der Waals surface area contributed by atoms with E-state index in [4.69, 9.17) is 0 Å². The smallest absolute Gasteiger partial charge is 0.126 e. The third-order valence-electron chi connectivity index (χ3n) is 4.37. The molecule has 1 unspecified atom stereocenters. The first kappa shape index (κ1) is 13.3. The highest BCUT2D eigenvalue weighted by atomic mass is 32.1. The molecule has 2 aromatic rings. The van der Waals surface area contributed by atoms with Crippen molar-refractivity contribution in [3.8, 4) is 0 Å². The van der Waals surface area contributed by atoms with Gasteiger partial charge in [0.05, 0.1) is 15.9 Å². The lowest BCUT2D eigenvalue weighted by Crippen LogP contribution is -2.91. The molecule has 2 aromatic heterocycles. The molecule has 1 aliphatic heterocycles. The molecule has 0 radical (unpaired) electrons. The van der Waals surface area contributed by atoms with Gasteiger partial charge in [-0.1, -0.05) is 26.0 Å². The third kappa shape index (κ3) is 2.38. The summed E-state index contributed by atoms with van der Waals surface area (Å²) in [7, 11) is 0. The Labute approximate surface area is 122 Å². The second-order valence-electron chi connectivity index (χ2n) is 5.48. The van der Waals surface area contributed by atoms with Crippen molar-refractivity contribution in [1.29, 1.82) is 0 Å². The second kappa shape index (κ2) is 5.37. The Morgan fingerprint density at radius 2 is 1.42 bits per heavy atom. The third-order valence-corrected chi connectivity index (χ3v) is 6.32. The maximum atomic E-state index is 10.6. The molecule has 3 heterocycles. The Morgan fingerprint density at radius 1 is 0.947 bits per heavy atom. The van der Waals surface area contributed by atoms with Crippen LogP contribution in [0.2, 0.25) is 0 Å². The van der Waals surface area contributed by atoms with Crippen LogP contribution in [0, 0.1) is 11.8 Å². The van der Waals surface area contributed by atoms with E-state index in [1.165, 1.54) is 9.75 Å². The summed E-state index contributed by atoms with van der Waals surface area (Å²) >= 11 is 3.59. The van der Waals surface area contributed by atoms with Gasteiger partial charge in [0, 0.05) is 11.8 Å². The molecule has 1 fully saturated rings. The maximum Gasteiger partial charge on any atom is 0.126 e. The van der Waals surface area contributed by atoms with E-state index in [9.17, 15) is 5.11 Å². The molecule has 2 nitrogen and oxygen atoms in total. The summed E-state index contributed by atoms with van der Waals surface area (Å²) in [4.78, 5) is 2.75. The highest BCUT2D eigenvalue weighted by molar-refractivity contribution is 7.10. The van der Waals surface area contributed by atoms with Crippen LogP contribution in [0.15, 0.2) is 35.0 Å². The lowest BCUT2D eigenvalue weighted by Gasteiger charge is -2.40. The number of rotatable bonds is 2. The van der Waals surface area contributed by atoms with Crippen molar-refractivity contribution < 1.29 is 10.4 Å². The van der Waals surface area contributed by atoms with Crippen LogP contribution < -0.4 is 5.32 Å². The first-order chi connectivity index (χ1) is 9.18. The normalized spacial score (nSPS) is 35.4. The van der Waals surface area contributed by atoms with Crippen molar-refractivity contribution in [3.05, 3.63) is 44.8 Å². The quantitative estimate of drug-likeness (QED) is 0.878. The molecule has 0 bridgehead atoms. The fourth-order valence-electron chi connectivity index (χ4n) is 3.15. The molecular weight excluding hydrogens is 274 g/mol. The van der Waals surface area contributed by atoms with Gasteiger partial charge in [-0.2, -0.15) is 0 Å². The number of hydrogen-bond donors (Lipinski definition) is 2. The molecule has 0 amide bonds. The highest BCUT2D eigenvalue weighted by Crippen LogP contribution is 2.37. The van der Waals surface area contributed by atoms with Gasteiger partial charge >= 0.3 is 0 Å². The van der Waals surface area contributed by atoms with Gasteiger partial charge in [-0.3, -0.25) is 0 Å². The van der Waals surface area contributed by atoms with Gasteiger partial charge in [0.25, 0.3) is 0 Å². The Kier molecular flexibility index (Phi) is 3.76. The topological polar surface area (TPSA) is 36.8 Å². The molecule has 0 aliphatic carbocycles. The number of nitrogens with two attached hydrogens (primary N) is 1. The molecular formula is C15H20NOS2+. The maximum absolute atomic E-state index is 10.6. The highest BCUT2D eigenvalue weighted by Gasteiger charge is 2.44. The minimum absolute atomic E-state index is 0.232. The summed E-state index contributed by atoms with van der Waals surface area (Å²) in [5.41, 5.74) is 0. The summed E-state index contributed by atoms with van der Waals surface area (Å²) in [6.45, 7) is 4.35.